The van der Waals surface area contributed by atoms with Crippen LogP contribution < -0.4 is 0 Å². The molecule has 2 aromatic carbocycles. The van der Waals surface area contributed by atoms with Crippen molar-refractivity contribution in [2.75, 3.05) is 0 Å². The highest BCUT2D eigenvalue weighted by Crippen LogP contribution is 2.36. The number of hydrogen-bond donors (Lipinski definition) is 0. The lowest BCUT2D eigenvalue weighted by Crippen LogP contribution is -2.18. The van der Waals surface area contributed by atoms with Gasteiger partial charge in [0.1, 0.15) is 0 Å². The molecular weight excluding hydrogens is 421 g/mol. The van der Waals surface area contributed by atoms with E-state index in [-0.39, 0.29) is 28.7 Å². The van der Waals surface area contributed by atoms with Gasteiger partial charge in [0.05, 0.1) is 10.6 Å². The van der Waals surface area contributed by atoms with E-state index in [0.717, 1.165) is 57.1 Å². The van der Waals surface area contributed by atoms with E-state index in [0.29, 0.717) is 5.92 Å². The van der Waals surface area contributed by atoms with Gasteiger partial charge in [0.25, 0.3) is 0 Å². The lowest BCUT2D eigenvalue weighted by Gasteiger charge is -2.28. The van der Waals surface area contributed by atoms with Crippen molar-refractivity contribution < 1.29 is 18.0 Å². The maximum Gasteiger partial charge on any atom is 0.416 e. The molecule has 0 spiro atoms. The standard InChI is InChI=1S/C26H26ClF3O/c27-24-13-12-22(26(28,29)30)16-23(24)25(31)15-19-8-5-17(6-9-19)4-7-18-10-11-20-2-1-3-21(20)14-18/h1,3,10-14,16-17,19H,2,4-9,15H2. The molecule has 5 heteroatoms. The molecular formula is C26H26ClF3O. The first-order valence-electron chi connectivity index (χ1n) is 11.0. The van der Waals surface area contributed by atoms with Crippen molar-refractivity contribution in [2.24, 2.45) is 11.8 Å². The predicted molar refractivity (Wildman–Crippen MR) is 118 cm³/mol. The van der Waals surface area contributed by atoms with E-state index in [4.69, 9.17) is 11.6 Å². The summed E-state index contributed by atoms with van der Waals surface area (Å²) < 4.78 is 38.9. The summed E-state index contributed by atoms with van der Waals surface area (Å²) in [7, 11) is 0. The fourth-order valence-corrected chi connectivity index (χ4v) is 5.06. The van der Waals surface area contributed by atoms with Crippen molar-refractivity contribution in [2.45, 2.75) is 57.5 Å². The number of hydrogen-bond acceptors (Lipinski definition) is 1. The second-order valence-corrected chi connectivity index (χ2v) is 9.29. The summed E-state index contributed by atoms with van der Waals surface area (Å²) in [4.78, 5) is 12.6. The van der Waals surface area contributed by atoms with E-state index < -0.39 is 11.7 Å². The van der Waals surface area contributed by atoms with E-state index in [2.05, 4.69) is 30.4 Å². The third-order valence-electron chi connectivity index (χ3n) is 6.72. The topological polar surface area (TPSA) is 17.1 Å². The molecule has 164 valence electrons. The highest BCUT2D eigenvalue weighted by atomic mass is 35.5. The van der Waals surface area contributed by atoms with E-state index >= 15 is 0 Å². The molecule has 0 aliphatic heterocycles. The molecule has 0 amide bonds. The quantitative estimate of drug-likeness (QED) is 0.411. The second kappa shape index (κ2) is 9.20. The summed E-state index contributed by atoms with van der Waals surface area (Å²) in [5.74, 6) is 0.581. The van der Waals surface area contributed by atoms with Gasteiger partial charge in [-0.15, -0.1) is 0 Å². The number of rotatable bonds is 6. The SMILES string of the molecule is O=C(CC1CCC(CCc2ccc3c(c2)C=CC3)CC1)c1cc(C(F)(F)F)ccc1Cl. The maximum absolute atomic E-state index is 13.0. The van der Waals surface area contributed by atoms with E-state index in [1.165, 1.54) is 22.8 Å². The lowest BCUT2D eigenvalue weighted by molar-refractivity contribution is -0.137. The Bertz CT molecular complexity index is 985. The third kappa shape index (κ3) is 5.41. The molecule has 2 aromatic rings. The molecule has 0 unspecified atom stereocenters. The number of ketones is 1. The van der Waals surface area contributed by atoms with Gasteiger partial charge >= 0.3 is 6.18 Å². The summed E-state index contributed by atoms with van der Waals surface area (Å²) in [6, 6.07) is 9.73. The first-order chi connectivity index (χ1) is 14.8. The number of alkyl halides is 3. The van der Waals surface area contributed by atoms with Crippen LogP contribution in [0.1, 0.15) is 71.1 Å². The van der Waals surface area contributed by atoms with Crippen molar-refractivity contribution in [3.63, 3.8) is 0 Å². The Morgan fingerprint density at radius 3 is 2.48 bits per heavy atom. The minimum Gasteiger partial charge on any atom is -0.294 e. The van der Waals surface area contributed by atoms with Crippen LogP contribution in [-0.4, -0.2) is 5.78 Å². The number of allylic oxidation sites excluding steroid dienone is 1. The van der Waals surface area contributed by atoms with Gasteiger partial charge in [0.15, 0.2) is 5.78 Å². The van der Waals surface area contributed by atoms with Crippen LogP contribution in [0.2, 0.25) is 5.02 Å². The van der Waals surface area contributed by atoms with Crippen molar-refractivity contribution in [1.29, 1.82) is 0 Å². The Hall–Kier alpha value is -2.07. The van der Waals surface area contributed by atoms with Crippen molar-refractivity contribution in [1.82, 2.24) is 0 Å². The molecule has 2 aliphatic rings. The van der Waals surface area contributed by atoms with E-state index in [9.17, 15) is 18.0 Å². The molecule has 31 heavy (non-hydrogen) atoms. The van der Waals surface area contributed by atoms with Gasteiger partial charge in [0.2, 0.25) is 0 Å². The Morgan fingerprint density at radius 2 is 1.74 bits per heavy atom. The van der Waals surface area contributed by atoms with Gasteiger partial charge in [-0.1, -0.05) is 54.8 Å². The lowest BCUT2D eigenvalue weighted by atomic mass is 9.77. The Labute approximate surface area is 186 Å². The molecule has 0 saturated heterocycles. The molecule has 0 atom stereocenters. The van der Waals surface area contributed by atoms with Crippen LogP contribution in [-0.2, 0) is 19.0 Å². The molecule has 0 N–H and O–H groups in total. The first kappa shape index (κ1) is 22.1. The zero-order valence-electron chi connectivity index (χ0n) is 17.4. The largest absolute Gasteiger partial charge is 0.416 e. The number of Topliss-reactive ketones (excluding diaryl/α,β-unsaturated/α-hetero) is 1. The smallest absolute Gasteiger partial charge is 0.294 e. The fraction of sp³-hybridized carbons (Fsp3) is 0.423. The van der Waals surface area contributed by atoms with E-state index in [1.807, 2.05) is 0 Å². The van der Waals surface area contributed by atoms with Gasteiger partial charge in [-0.3, -0.25) is 4.79 Å². The maximum atomic E-state index is 13.0. The summed E-state index contributed by atoms with van der Waals surface area (Å²) in [6.07, 6.45) is 7.44. The number of benzene rings is 2. The van der Waals surface area contributed by atoms with Gasteiger partial charge in [-0.25, -0.2) is 0 Å². The number of carbonyl (C=O) groups is 1. The molecule has 1 nitrogen and oxygen atoms in total. The highest BCUT2D eigenvalue weighted by Gasteiger charge is 2.32. The monoisotopic (exact) mass is 446 g/mol. The van der Waals surface area contributed by atoms with Crippen LogP contribution in [0.5, 0.6) is 0 Å². The van der Waals surface area contributed by atoms with Crippen LogP contribution in [0.25, 0.3) is 6.08 Å². The highest BCUT2D eigenvalue weighted by molar-refractivity contribution is 6.34. The number of aryl methyl sites for hydroxylation is 1. The molecule has 0 radical (unpaired) electrons. The summed E-state index contributed by atoms with van der Waals surface area (Å²) in [5, 5.41) is 0.0934. The molecule has 2 aliphatic carbocycles. The normalized spacial score (nSPS) is 20.6. The molecule has 0 heterocycles. The minimum absolute atomic E-state index is 0.00993. The van der Waals surface area contributed by atoms with Crippen LogP contribution >= 0.6 is 11.6 Å². The van der Waals surface area contributed by atoms with Crippen molar-refractivity contribution >= 4 is 23.5 Å². The van der Waals surface area contributed by atoms with E-state index in [1.54, 1.807) is 0 Å². The fourth-order valence-electron chi connectivity index (χ4n) is 4.84. The molecule has 4 rings (SSSR count). The molecule has 0 aromatic heterocycles. The molecule has 0 bridgehead atoms. The second-order valence-electron chi connectivity index (χ2n) is 8.88. The third-order valence-corrected chi connectivity index (χ3v) is 7.05. The zero-order valence-corrected chi connectivity index (χ0v) is 18.1. The minimum atomic E-state index is -4.48. The first-order valence-corrected chi connectivity index (χ1v) is 11.4. The van der Waals surface area contributed by atoms with Crippen LogP contribution in [0.15, 0.2) is 42.5 Å². The van der Waals surface area contributed by atoms with Crippen molar-refractivity contribution in [3.8, 4) is 0 Å². The van der Waals surface area contributed by atoms with Gasteiger partial charge in [0, 0.05) is 12.0 Å². The Balaban J connectivity index is 1.27. The van der Waals surface area contributed by atoms with Gasteiger partial charge in [-0.05, 0) is 78.8 Å². The molecule has 1 fully saturated rings. The average molecular weight is 447 g/mol. The summed E-state index contributed by atoms with van der Waals surface area (Å²) in [6.45, 7) is 0. The Kier molecular flexibility index (Phi) is 6.57. The number of carbonyl (C=O) groups excluding carboxylic acids is 1. The van der Waals surface area contributed by atoms with Crippen LogP contribution in [0, 0.1) is 11.8 Å². The van der Waals surface area contributed by atoms with Gasteiger partial charge in [-0.2, -0.15) is 13.2 Å². The van der Waals surface area contributed by atoms with Crippen LogP contribution in [0.3, 0.4) is 0 Å². The Morgan fingerprint density at radius 1 is 1.00 bits per heavy atom. The number of fused-ring (bicyclic) bond motifs is 1. The average Bonchev–Trinajstić information content (AvgIpc) is 3.20. The zero-order chi connectivity index (χ0) is 22.0. The van der Waals surface area contributed by atoms with Crippen molar-refractivity contribution in [3.05, 3.63) is 75.3 Å². The predicted octanol–water partition coefficient (Wildman–Crippen LogP) is 7.94. The number of halogens is 4. The van der Waals surface area contributed by atoms with Gasteiger partial charge < -0.3 is 0 Å². The summed E-state index contributed by atoms with van der Waals surface area (Å²) >= 11 is 6.02. The van der Waals surface area contributed by atoms with Crippen LogP contribution in [0.4, 0.5) is 13.2 Å². The summed E-state index contributed by atoms with van der Waals surface area (Å²) in [5.41, 5.74) is 3.28. The molecule has 1 saturated carbocycles.